The third kappa shape index (κ3) is 2.31. The first-order valence-electron chi connectivity index (χ1n) is 6.34. The number of hydrogen-bond donors (Lipinski definition) is 1. The second kappa shape index (κ2) is 4.77. The molecule has 0 saturated carbocycles. The topological polar surface area (TPSA) is 29.3 Å². The van der Waals surface area contributed by atoms with Crippen LogP contribution in [0.5, 0.6) is 0 Å². The molecule has 0 spiro atoms. The molecule has 88 valence electrons. The maximum atomic E-state index is 5.84. The van der Waals surface area contributed by atoms with E-state index < -0.39 is 0 Å². The second-order valence-corrected chi connectivity index (χ2v) is 4.94. The number of nitrogens with zero attached hydrogens (tertiary/aromatic N) is 1. The highest BCUT2D eigenvalue weighted by Gasteiger charge is 2.18. The van der Waals surface area contributed by atoms with Gasteiger partial charge in [-0.1, -0.05) is 13.8 Å². The van der Waals surface area contributed by atoms with Crippen molar-refractivity contribution in [2.24, 2.45) is 5.92 Å². The van der Waals surface area contributed by atoms with E-state index in [4.69, 9.17) is 5.73 Å². The minimum absolute atomic E-state index is 0.816. The van der Waals surface area contributed by atoms with Crippen LogP contribution in [-0.4, -0.2) is 13.1 Å². The molecule has 1 aromatic rings. The maximum Gasteiger partial charge on any atom is 0.0400 e. The van der Waals surface area contributed by atoms with E-state index in [1.54, 1.807) is 0 Å². The third-order valence-corrected chi connectivity index (χ3v) is 3.48. The summed E-state index contributed by atoms with van der Waals surface area (Å²) in [7, 11) is 0. The van der Waals surface area contributed by atoms with Crippen molar-refractivity contribution in [3.63, 3.8) is 0 Å². The van der Waals surface area contributed by atoms with Gasteiger partial charge >= 0.3 is 0 Å². The van der Waals surface area contributed by atoms with Crippen LogP contribution in [-0.2, 0) is 6.42 Å². The van der Waals surface area contributed by atoms with Crippen LogP contribution in [0.3, 0.4) is 0 Å². The summed E-state index contributed by atoms with van der Waals surface area (Å²) in [4.78, 5) is 2.52. The van der Waals surface area contributed by atoms with Crippen molar-refractivity contribution in [1.29, 1.82) is 0 Å². The Balaban J connectivity index is 2.24. The van der Waals surface area contributed by atoms with Gasteiger partial charge in [-0.25, -0.2) is 0 Å². The first-order chi connectivity index (χ1) is 7.70. The lowest BCUT2D eigenvalue weighted by Crippen LogP contribution is -2.34. The van der Waals surface area contributed by atoms with Crippen molar-refractivity contribution in [3.8, 4) is 0 Å². The van der Waals surface area contributed by atoms with E-state index in [0.29, 0.717) is 0 Å². The molecule has 0 bridgehead atoms. The molecule has 1 unspecified atom stereocenters. The third-order valence-electron chi connectivity index (χ3n) is 3.48. The lowest BCUT2D eigenvalue weighted by molar-refractivity contribution is 0.446. The first kappa shape index (κ1) is 11.3. The van der Waals surface area contributed by atoms with Gasteiger partial charge in [0, 0.05) is 24.5 Å². The van der Waals surface area contributed by atoms with E-state index in [1.807, 2.05) is 6.07 Å². The van der Waals surface area contributed by atoms with E-state index in [0.717, 1.165) is 18.0 Å². The van der Waals surface area contributed by atoms with Crippen LogP contribution in [0.15, 0.2) is 18.2 Å². The van der Waals surface area contributed by atoms with Crippen LogP contribution >= 0.6 is 0 Å². The largest absolute Gasteiger partial charge is 0.399 e. The van der Waals surface area contributed by atoms with Gasteiger partial charge in [-0.3, -0.25) is 0 Å². The predicted molar refractivity (Wildman–Crippen MR) is 70.8 cm³/mol. The summed E-state index contributed by atoms with van der Waals surface area (Å²) in [6.07, 6.45) is 3.74. The zero-order valence-corrected chi connectivity index (χ0v) is 10.4. The molecule has 1 atom stereocenters. The molecule has 0 radical (unpaired) electrons. The van der Waals surface area contributed by atoms with Crippen molar-refractivity contribution in [3.05, 3.63) is 23.8 Å². The zero-order chi connectivity index (χ0) is 11.5. The van der Waals surface area contributed by atoms with Gasteiger partial charge < -0.3 is 10.6 Å². The Bertz CT molecular complexity index is 360. The number of anilines is 2. The summed E-state index contributed by atoms with van der Waals surface area (Å²) in [5.74, 6) is 0.816. The molecule has 16 heavy (non-hydrogen) atoms. The number of nitrogen functional groups attached to an aromatic ring is 1. The van der Waals surface area contributed by atoms with Gasteiger partial charge in [0.05, 0.1) is 0 Å². The van der Waals surface area contributed by atoms with E-state index >= 15 is 0 Å². The minimum atomic E-state index is 0.816. The Kier molecular flexibility index (Phi) is 3.37. The van der Waals surface area contributed by atoms with Gasteiger partial charge in [-0.05, 0) is 48.9 Å². The van der Waals surface area contributed by atoms with E-state index in [2.05, 4.69) is 30.9 Å². The highest BCUT2D eigenvalue weighted by Crippen LogP contribution is 2.28. The van der Waals surface area contributed by atoms with Gasteiger partial charge in [-0.15, -0.1) is 0 Å². The smallest absolute Gasteiger partial charge is 0.0400 e. The molecule has 1 aliphatic rings. The summed E-state index contributed by atoms with van der Waals surface area (Å²) >= 11 is 0. The zero-order valence-electron chi connectivity index (χ0n) is 10.4. The van der Waals surface area contributed by atoms with E-state index in [-0.39, 0.29) is 0 Å². The molecule has 2 rings (SSSR count). The summed E-state index contributed by atoms with van der Waals surface area (Å²) in [6.45, 7) is 6.93. The monoisotopic (exact) mass is 218 g/mol. The average Bonchev–Trinajstić information content (AvgIpc) is 2.28. The molecular formula is C14H22N2. The number of piperidine rings is 1. The molecule has 1 heterocycles. The van der Waals surface area contributed by atoms with Crippen molar-refractivity contribution in [1.82, 2.24) is 0 Å². The maximum absolute atomic E-state index is 5.84. The van der Waals surface area contributed by atoms with Crippen LogP contribution in [0.25, 0.3) is 0 Å². The normalized spacial score (nSPS) is 21.1. The summed E-state index contributed by atoms with van der Waals surface area (Å²) in [5, 5.41) is 0. The molecule has 2 nitrogen and oxygen atoms in total. The summed E-state index contributed by atoms with van der Waals surface area (Å²) < 4.78 is 0. The number of aryl methyl sites for hydroxylation is 1. The summed E-state index contributed by atoms with van der Waals surface area (Å²) in [6, 6.07) is 6.33. The van der Waals surface area contributed by atoms with Crippen molar-refractivity contribution < 1.29 is 0 Å². The average molecular weight is 218 g/mol. The lowest BCUT2D eigenvalue weighted by atomic mass is 9.98. The molecule has 1 fully saturated rings. The molecule has 1 aliphatic heterocycles. The minimum Gasteiger partial charge on any atom is -0.399 e. The Morgan fingerprint density at radius 3 is 2.94 bits per heavy atom. The number of rotatable bonds is 2. The second-order valence-electron chi connectivity index (χ2n) is 4.94. The van der Waals surface area contributed by atoms with Crippen molar-refractivity contribution in [2.45, 2.75) is 33.1 Å². The Labute approximate surface area is 98.4 Å². The van der Waals surface area contributed by atoms with Crippen LogP contribution in [0.1, 0.15) is 32.3 Å². The van der Waals surface area contributed by atoms with Gasteiger partial charge in [0.2, 0.25) is 0 Å². The van der Waals surface area contributed by atoms with E-state index in [1.165, 1.54) is 37.2 Å². The first-order valence-corrected chi connectivity index (χ1v) is 6.34. The van der Waals surface area contributed by atoms with Crippen LogP contribution < -0.4 is 10.6 Å². The van der Waals surface area contributed by atoms with Crippen LogP contribution in [0.4, 0.5) is 11.4 Å². The van der Waals surface area contributed by atoms with Crippen molar-refractivity contribution in [2.75, 3.05) is 23.7 Å². The Morgan fingerprint density at radius 1 is 1.44 bits per heavy atom. The lowest BCUT2D eigenvalue weighted by Gasteiger charge is -2.34. The van der Waals surface area contributed by atoms with Gasteiger partial charge in [0.1, 0.15) is 0 Å². The van der Waals surface area contributed by atoms with E-state index in [9.17, 15) is 0 Å². The Hall–Kier alpha value is -1.18. The number of hydrogen-bond acceptors (Lipinski definition) is 2. The van der Waals surface area contributed by atoms with Gasteiger partial charge in [0.25, 0.3) is 0 Å². The summed E-state index contributed by atoms with van der Waals surface area (Å²) in [5.41, 5.74) is 9.50. The molecule has 0 aromatic heterocycles. The molecule has 2 N–H and O–H groups in total. The van der Waals surface area contributed by atoms with Crippen LogP contribution in [0, 0.1) is 5.92 Å². The highest BCUT2D eigenvalue weighted by molar-refractivity contribution is 5.60. The molecule has 1 saturated heterocycles. The fourth-order valence-corrected chi connectivity index (χ4v) is 2.61. The van der Waals surface area contributed by atoms with Gasteiger partial charge in [-0.2, -0.15) is 0 Å². The van der Waals surface area contributed by atoms with Crippen LogP contribution in [0.2, 0.25) is 0 Å². The Morgan fingerprint density at radius 2 is 2.25 bits per heavy atom. The predicted octanol–water partition coefficient (Wildman–Crippen LogP) is 3.07. The molecule has 1 aromatic carbocycles. The standard InChI is InChI=1S/C14H22N2/c1-3-12-9-13(15)6-7-14(12)16-8-4-5-11(2)10-16/h6-7,9,11H,3-5,8,10,15H2,1-2H3. The van der Waals surface area contributed by atoms with Crippen molar-refractivity contribution >= 4 is 11.4 Å². The molecule has 2 heteroatoms. The quantitative estimate of drug-likeness (QED) is 0.773. The highest BCUT2D eigenvalue weighted by atomic mass is 15.1. The molecule has 0 aliphatic carbocycles. The number of nitrogens with two attached hydrogens (primary N) is 1. The fraction of sp³-hybridized carbons (Fsp3) is 0.571. The number of benzene rings is 1. The molecular weight excluding hydrogens is 196 g/mol. The molecule has 0 amide bonds. The van der Waals surface area contributed by atoms with Gasteiger partial charge in [0.15, 0.2) is 0 Å². The SMILES string of the molecule is CCc1cc(N)ccc1N1CCCC(C)C1. The fourth-order valence-electron chi connectivity index (χ4n) is 2.61.